The van der Waals surface area contributed by atoms with E-state index in [0.29, 0.717) is 4.80 Å². The standard InChI is InChI=1S/C25H20N2O3S2/c1-17-12-14-20(15-13-17)32(28,29)26-25-27(19-8-4-3-5-9-19)22(16-31-25)24-18(2)30-23-11-7-6-10-21(23)24/h3-16H,1-2H3/b26-25-. The lowest BCUT2D eigenvalue weighted by molar-refractivity contribution is 0.579. The molecule has 0 unspecified atom stereocenters. The number of benzene rings is 3. The topological polar surface area (TPSA) is 64.6 Å². The Balaban J connectivity index is 1.79. The number of furan rings is 1. The van der Waals surface area contributed by atoms with E-state index >= 15 is 0 Å². The normalized spacial score (nSPS) is 12.5. The summed E-state index contributed by atoms with van der Waals surface area (Å²) in [5.41, 5.74) is 4.36. The van der Waals surface area contributed by atoms with Crippen LogP contribution in [0.3, 0.4) is 0 Å². The summed E-state index contributed by atoms with van der Waals surface area (Å²) in [6.45, 7) is 3.84. The smallest absolute Gasteiger partial charge is 0.285 e. The molecule has 0 spiro atoms. The summed E-state index contributed by atoms with van der Waals surface area (Å²) >= 11 is 1.29. The van der Waals surface area contributed by atoms with Crippen LogP contribution in [0.4, 0.5) is 0 Å². The Kier molecular flexibility index (Phi) is 5.07. The summed E-state index contributed by atoms with van der Waals surface area (Å²) in [6.07, 6.45) is 0. The van der Waals surface area contributed by atoms with E-state index in [0.717, 1.165) is 39.2 Å². The van der Waals surface area contributed by atoms with Crippen molar-refractivity contribution in [3.05, 3.63) is 100 Å². The number of thiazole rings is 1. The first kappa shape index (κ1) is 20.5. The first-order valence-electron chi connectivity index (χ1n) is 10.1. The van der Waals surface area contributed by atoms with Gasteiger partial charge in [0.2, 0.25) is 4.80 Å². The highest BCUT2D eigenvalue weighted by Crippen LogP contribution is 2.35. The van der Waals surface area contributed by atoms with Crippen LogP contribution in [0, 0.1) is 13.8 Å². The van der Waals surface area contributed by atoms with Gasteiger partial charge < -0.3 is 4.42 Å². The maximum absolute atomic E-state index is 13.1. The fourth-order valence-corrected chi connectivity index (χ4v) is 5.82. The molecule has 0 atom stereocenters. The highest BCUT2D eigenvalue weighted by molar-refractivity contribution is 7.90. The lowest BCUT2D eigenvalue weighted by Gasteiger charge is -2.09. The van der Waals surface area contributed by atoms with E-state index in [2.05, 4.69) is 4.40 Å². The molecule has 0 aliphatic carbocycles. The molecule has 5 rings (SSSR count). The molecule has 0 aliphatic rings. The van der Waals surface area contributed by atoms with Gasteiger partial charge in [-0.1, -0.05) is 54.1 Å². The molecule has 5 nitrogen and oxygen atoms in total. The van der Waals surface area contributed by atoms with Crippen molar-refractivity contribution >= 4 is 32.3 Å². The van der Waals surface area contributed by atoms with Crippen molar-refractivity contribution in [3.8, 4) is 16.9 Å². The predicted octanol–water partition coefficient (Wildman–Crippen LogP) is 5.86. The summed E-state index contributed by atoms with van der Waals surface area (Å²) in [7, 11) is -3.88. The van der Waals surface area contributed by atoms with Crippen molar-refractivity contribution in [2.24, 2.45) is 4.40 Å². The zero-order valence-electron chi connectivity index (χ0n) is 17.5. The quantitative estimate of drug-likeness (QED) is 0.337. The van der Waals surface area contributed by atoms with Gasteiger partial charge in [-0.05, 0) is 44.2 Å². The third-order valence-corrected chi connectivity index (χ3v) is 7.49. The third-order valence-electron chi connectivity index (χ3n) is 5.27. The van der Waals surface area contributed by atoms with Crippen molar-refractivity contribution in [1.29, 1.82) is 0 Å². The maximum atomic E-state index is 13.1. The number of fused-ring (bicyclic) bond motifs is 1. The fraction of sp³-hybridized carbons (Fsp3) is 0.0800. The van der Waals surface area contributed by atoms with Gasteiger partial charge in [-0.15, -0.1) is 15.7 Å². The number of aryl methyl sites for hydroxylation is 2. The average Bonchev–Trinajstić information content (AvgIpc) is 3.33. The van der Waals surface area contributed by atoms with Gasteiger partial charge in [-0.25, -0.2) is 0 Å². The molecule has 0 saturated heterocycles. The molecule has 0 bridgehead atoms. The van der Waals surface area contributed by atoms with Gasteiger partial charge in [0, 0.05) is 22.0 Å². The van der Waals surface area contributed by atoms with Crippen molar-refractivity contribution in [1.82, 2.24) is 4.57 Å². The van der Waals surface area contributed by atoms with E-state index in [1.807, 2.05) is 78.4 Å². The van der Waals surface area contributed by atoms with Gasteiger partial charge >= 0.3 is 0 Å². The SMILES string of the molecule is Cc1ccc(S(=O)(=O)/N=c2\scc(-c3c(C)oc4ccccc34)n2-c2ccccc2)cc1. The summed E-state index contributed by atoms with van der Waals surface area (Å²) in [4.78, 5) is 0.541. The summed E-state index contributed by atoms with van der Waals surface area (Å²) in [5, 5.41) is 2.90. The molecule has 0 aliphatic heterocycles. The van der Waals surface area contributed by atoms with E-state index in [9.17, 15) is 8.42 Å². The number of para-hydroxylation sites is 2. The summed E-state index contributed by atoms with van der Waals surface area (Å²) < 4.78 is 38.2. The zero-order valence-corrected chi connectivity index (χ0v) is 19.2. The molecule has 0 N–H and O–H groups in total. The second-order valence-electron chi connectivity index (χ2n) is 7.48. The fourth-order valence-electron chi connectivity index (χ4n) is 3.73. The van der Waals surface area contributed by atoms with Crippen LogP contribution >= 0.6 is 11.3 Å². The van der Waals surface area contributed by atoms with Crippen molar-refractivity contribution in [3.63, 3.8) is 0 Å². The predicted molar refractivity (Wildman–Crippen MR) is 128 cm³/mol. The molecule has 2 heterocycles. The van der Waals surface area contributed by atoms with Crippen LogP contribution in [0.15, 0.2) is 98.0 Å². The van der Waals surface area contributed by atoms with E-state index < -0.39 is 10.0 Å². The molecular weight excluding hydrogens is 440 g/mol. The molecule has 7 heteroatoms. The zero-order chi connectivity index (χ0) is 22.3. The molecule has 5 aromatic rings. The van der Waals surface area contributed by atoms with Crippen molar-refractivity contribution < 1.29 is 12.8 Å². The number of rotatable bonds is 4. The highest BCUT2D eigenvalue weighted by Gasteiger charge is 2.20. The average molecular weight is 461 g/mol. The van der Waals surface area contributed by atoms with Gasteiger partial charge in [-0.2, -0.15) is 8.42 Å². The van der Waals surface area contributed by atoms with E-state index in [-0.39, 0.29) is 4.90 Å². The number of aromatic nitrogens is 1. The number of sulfonamides is 1. The molecular formula is C25H20N2O3S2. The van der Waals surface area contributed by atoms with Crippen molar-refractivity contribution in [2.75, 3.05) is 0 Å². The van der Waals surface area contributed by atoms with E-state index in [4.69, 9.17) is 4.42 Å². The third kappa shape index (κ3) is 3.59. The monoisotopic (exact) mass is 460 g/mol. The van der Waals surface area contributed by atoms with Crippen LogP contribution in [0.5, 0.6) is 0 Å². The molecule has 0 radical (unpaired) electrons. The minimum Gasteiger partial charge on any atom is -0.461 e. The van der Waals surface area contributed by atoms with Gasteiger partial charge in [0.25, 0.3) is 10.0 Å². The second-order valence-corrected chi connectivity index (χ2v) is 9.92. The van der Waals surface area contributed by atoms with Gasteiger partial charge in [0.1, 0.15) is 11.3 Å². The summed E-state index contributed by atoms with van der Waals surface area (Å²) in [5.74, 6) is 0.765. The van der Waals surface area contributed by atoms with Crippen LogP contribution in [0.1, 0.15) is 11.3 Å². The summed E-state index contributed by atoms with van der Waals surface area (Å²) in [6, 6.07) is 24.2. The lowest BCUT2D eigenvalue weighted by Crippen LogP contribution is -2.16. The highest BCUT2D eigenvalue weighted by atomic mass is 32.2. The van der Waals surface area contributed by atoms with Crippen LogP contribution < -0.4 is 4.80 Å². The van der Waals surface area contributed by atoms with Crippen LogP contribution in [0.2, 0.25) is 0 Å². The van der Waals surface area contributed by atoms with Gasteiger partial charge in [0.05, 0.1) is 10.6 Å². The Morgan fingerprint density at radius 1 is 0.875 bits per heavy atom. The Morgan fingerprint density at radius 3 is 2.31 bits per heavy atom. The number of hydrogen-bond acceptors (Lipinski definition) is 4. The molecule has 32 heavy (non-hydrogen) atoms. The number of hydrogen-bond donors (Lipinski definition) is 0. The molecule has 0 saturated carbocycles. The molecule has 3 aromatic carbocycles. The Morgan fingerprint density at radius 2 is 1.56 bits per heavy atom. The van der Waals surface area contributed by atoms with Crippen LogP contribution in [-0.2, 0) is 10.0 Å². The van der Waals surface area contributed by atoms with Crippen LogP contribution in [-0.4, -0.2) is 13.0 Å². The van der Waals surface area contributed by atoms with E-state index in [1.165, 1.54) is 11.3 Å². The lowest BCUT2D eigenvalue weighted by atomic mass is 10.1. The maximum Gasteiger partial charge on any atom is 0.285 e. The Labute approximate surface area is 190 Å². The molecule has 160 valence electrons. The largest absolute Gasteiger partial charge is 0.461 e. The van der Waals surface area contributed by atoms with Gasteiger partial charge in [-0.3, -0.25) is 4.57 Å². The molecule has 0 amide bonds. The first-order valence-corrected chi connectivity index (χ1v) is 12.4. The van der Waals surface area contributed by atoms with Gasteiger partial charge in [0.15, 0.2) is 0 Å². The molecule has 0 fully saturated rings. The Bertz CT molecular complexity index is 1590. The second kappa shape index (κ2) is 7.93. The van der Waals surface area contributed by atoms with Crippen molar-refractivity contribution in [2.45, 2.75) is 18.7 Å². The number of nitrogens with zero attached hydrogens (tertiary/aromatic N) is 2. The minimum absolute atomic E-state index is 0.169. The van der Waals surface area contributed by atoms with E-state index in [1.54, 1.807) is 24.3 Å². The first-order chi connectivity index (χ1) is 15.4. The Hall–Kier alpha value is -3.42. The molecule has 2 aromatic heterocycles. The van der Waals surface area contributed by atoms with Crippen LogP contribution in [0.25, 0.3) is 27.9 Å². The minimum atomic E-state index is -3.88.